The molecule has 0 bridgehead atoms. The largest absolute Gasteiger partial charge is 0.662 e. The number of fused-ring (bicyclic) bond motifs is 1. The molecule has 0 saturated heterocycles. The van der Waals surface area contributed by atoms with E-state index in [-0.39, 0.29) is 6.54 Å². The predicted molar refractivity (Wildman–Crippen MR) is 123 cm³/mol. The first-order valence-electron chi connectivity index (χ1n) is 10.6. The van der Waals surface area contributed by atoms with Crippen LogP contribution in [-0.4, -0.2) is 46.4 Å². The van der Waals surface area contributed by atoms with Crippen molar-refractivity contribution in [3.63, 3.8) is 0 Å². The van der Waals surface area contributed by atoms with E-state index in [1.807, 2.05) is 18.4 Å². The van der Waals surface area contributed by atoms with E-state index in [0.29, 0.717) is 30.9 Å². The number of hydrogen-bond acceptors (Lipinski definition) is 3. The first kappa shape index (κ1) is 26.2. The van der Waals surface area contributed by atoms with Gasteiger partial charge in [0.25, 0.3) is 0 Å². The number of anilines is 2. The molecule has 0 unspecified atom stereocenters. The Morgan fingerprint density at radius 2 is 1.91 bits per heavy atom. The zero-order chi connectivity index (χ0) is 24.1. The summed E-state index contributed by atoms with van der Waals surface area (Å²) < 4.78 is 37.1. The van der Waals surface area contributed by atoms with Crippen LogP contribution in [0.5, 0.6) is 0 Å². The fourth-order valence-corrected chi connectivity index (χ4v) is 4.52. The van der Waals surface area contributed by atoms with Gasteiger partial charge in [0.1, 0.15) is 0 Å². The molecular formula is C22H29BrF3N4O2-. The Kier molecular flexibility index (Phi) is 9.15. The minimum Gasteiger partial charge on any atom is -0.662 e. The Balaban J connectivity index is 0.000000309. The first-order valence-corrected chi connectivity index (χ1v) is 11.4. The fraction of sp³-hybridized carbons (Fsp3) is 0.545. The van der Waals surface area contributed by atoms with Crippen LogP contribution in [0.1, 0.15) is 54.0 Å². The maximum Gasteiger partial charge on any atom is 0.387 e. The second-order valence-electron chi connectivity index (χ2n) is 7.62. The highest BCUT2D eigenvalue weighted by Gasteiger charge is 2.31. The molecule has 1 aromatic heterocycles. The average Bonchev–Trinajstić information content (AvgIpc) is 3.23. The van der Waals surface area contributed by atoms with Crippen LogP contribution in [0.4, 0.5) is 24.8 Å². The number of imidazole rings is 1. The molecule has 3 rings (SSSR count). The summed E-state index contributed by atoms with van der Waals surface area (Å²) in [6.07, 6.45) is -3.40. The van der Waals surface area contributed by atoms with E-state index in [0.717, 1.165) is 34.6 Å². The zero-order valence-corrected chi connectivity index (χ0v) is 20.3. The molecule has 2 heterocycles. The van der Waals surface area contributed by atoms with E-state index in [1.54, 1.807) is 0 Å². The number of aromatic nitrogens is 2. The van der Waals surface area contributed by atoms with E-state index in [9.17, 15) is 23.1 Å². The van der Waals surface area contributed by atoms with E-state index in [1.165, 1.54) is 5.56 Å². The Bertz CT molecular complexity index is 921. The number of hydrogen-bond donors (Lipinski definition) is 1. The number of nitrogens with zero attached hydrogens (tertiary/aromatic N) is 4. The summed E-state index contributed by atoms with van der Waals surface area (Å²) >= 11 is 3.64. The van der Waals surface area contributed by atoms with Gasteiger partial charge in [0, 0.05) is 24.0 Å². The van der Waals surface area contributed by atoms with Gasteiger partial charge in [-0.1, -0.05) is 26.3 Å². The molecule has 0 aliphatic carbocycles. The molecular weight excluding hydrogens is 489 g/mol. The van der Waals surface area contributed by atoms with Crippen molar-refractivity contribution in [2.75, 3.05) is 24.5 Å². The SMILES string of the molecule is CCC[N-]CCC(F)(F)F.CCc1nc2n(c1C(=O)O)CCN2c1c(C)cc(C)cc1Br. The number of rotatable bonds is 7. The number of alkyl halides is 3. The molecule has 0 atom stereocenters. The standard InChI is InChI=1S/C16H18BrN3O2.C6H11F3N/c1-4-12-14(15(21)22)20-6-5-19(16(20)18-12)13-10(3)7-9(2)8-11(13)17;1-2-4-10-5-3-6(7,8)9/h7-8H,4-6H2,1-3H3,(H,21,22);2-5H2,1H3/q;-1. The number of carbonyl (C=O) groups is 1. The van der Waals surface area contributed by atoms with Crippen LogP contribution in [0.3, 0.4) is 0 Å². The van der Waals surface area contributed by atoms with Crippen molar-refractivity contribution in [3.05, 3.63) is 44.4 Å². The lowest BCUT2D eigenvalue weighted by Gasteiger charge is -2.21. The van der Waals surface area contributed by atoms with Crippen LogP contribution in [0.25, 0.3) is 5.32 Å². The van der Waals surface area contributed by atoms with Gasteiger partial charge in [0.05, 0.1) is 11.4 Å². The average molecular weight is 518 g/mol. The zero-order valence-electron chi connectivity index (χ0n) is 18.8. The molecule has 1 aliphatic rings. The predicted octanol–water partition coefficient (Wildman–Crippen LogP) is 6.40. The van der Waals surface area contributed by atoms with Gasteiger partial charge in [-0.25, -0.2) is 9.78 Å². The van der Waals surface area contributed by atoms with Crippen LogP contribution in [0.15, 0.2) is 16.6 Å². The third-order valence-corrected chi connectivity index (χ3v) is 5.55. The molecule has 2 aromatic rings. The third-order valence-electron chi connectivity index (χ3n) is 4.95. The van der Waals surface area contributed by atoms with Gasteiger partial charge >= 0.3 is 12.1 Å². The van der Waals surface area contributed by atoms with E-state index >= 15 is 0 Å². The fourth-order valence-electron chi connectivity index (χ4n) is 3.63. The van der Waals surface area contributed by atoms with E-state index < -0.39 is 18.6 Å². The minimum absolute atomic E-state index is 0.0860. The number of carboxylic acid groups (broad SMARTS) is 1. The number of aryl methyl sites for hydroxylation is 3. The lowest BCUT2D eigenvalue weighted by atomic mass is 10.1. The smallest absolute Gasteiger partial charge is 0.387 e. The number of halogens is 4. The van der Waals surface area contributed by atoms with Crippen molar-refractivity contribution in [2.45, 2.75) is 59.7 Å². The quantitative estimate of drug-likeness (QED) is 0.431. The Morgan fingerprint density at radius 3 is 2.44 bits per heavy atom. The van der Waals surface area contributed by atoms with Crippen molar-refractivity contribution in [3.8, 4) is 0 Å². The molecule has 0 saturated carbocycles. The third kappa shape index (κ3) is 6.48. The summed E-state index contributed by atoms with van der Waals surface area (Å²) in [5.41, 5.74) is 4.37. The molecule has 1 aliphatic heterocycles. The lowest BCUT2D eigenvalue weighted by Crippen LogP contribution is -2.16. The molecule has 10 heteroatoms. The summed E-state index contributed by atoms with van der Waals surface area (Å²) in [5, 5.41) is 13.1. The number of carboxylic acids is 1. The van der Waals surface area contributed by atoms with Crippen LogP contribution < -0.4 is 4.90 Å². The van der Waals surface area contributed by atoms with Gasteiger partial charge in [0.2, 0.25) is 5.95 Å². The Morgan fingerprint density at radius 1 is 1.22 bits per heavy atom. The van der Waals surface area contributed by atoms with Crippen molar-refractivity contribution in [1.29, 1.82) is 0 Å². The highest BCUT2D eigenvalue weighted by molar-refractivity contribution is 9.10. The molecule has 0 fully saturated rings. The molecule has 0 radical (unpaired) electrons. The van der Waals surface area contributed by atoms with Crippen molar-refractivity contribution < 1.29 is 23.1 Å². The maximum atomic E-state index is 11.5. The summed E-state index contributed by atoms with van der Waals surface area (Å²) in [4.78, 5) is 18.2. The highest BCUT2D eigenvalue weighted by Crippen LogP contribution is 2.39. The molecule has 1 N–H and O–H groups in total. The molecule has 1 aromatic carbocycles. The summed E-state index contributed by atoms with van der Waals surface area (Å²) in [5.74, 6) is -0.181. The van der Waals surface area contributed by atoms with Gasteiger partial charge in [-0.05, 0) is 53.4 Å². The van der Waals surface area contributed by atoms with Crippen LogP contribution in [0, 0.1) is 13.8 Å². The summed E-state index contributed by atoms with van der Waals surface area (Å²) in [6.45, 7) is 9.77. The molecule has 32 heavy (non-hydrogen) atoms. The first-order chi connectivity index (χ1) is 15.0. The minimum atomic E-state index is -4.04. The van der Waals surface area contributed by atoms with E-state index in [4.69, 9.17) is 0 Å². The molecule has 0 amide bonds. The molecule has 178 valence electrons. The Hall–Kier alpha value is -2.07. The normalized spacial score (nSPS) is 13.1. The van der Waals surface area contributed by atoms with Gasteiger partial charge < -0.3 is 19.9 Å². The highest BCUT2D eigenvalue weighted by atomic mass is 79.9. The number of benzene rings is 1. The maximum absolute atomic E-state index is 11.5. The van der Waals surface area contributed by atoms with Gasteiger partial charge in [0.15, 0.2) is 5.69 Å². The van der Waals surface area contributed by atoms with Gasteiger partial charge in [-0.3, -0.25) is 0 Å². The number of aromatic carboxylic acids is 1. The Labute approximate surface area is 195 Å². The van der Waals surface area contributed by atoms with Crippen molar-refractivity contribution in [2.24, 2.45) is 0 Å². The summed E-state index contributed by atoms with van der Waals surface area (Å²) in [6, 6.07) is 4.21. The van der Waals surface area contributed by atoms with Gasteiger partial charge in [-0.15, -0.1) is 13.1 Å². The van der Waals surface area contributed by atoms with Crippen LogP contribution in [-0.2, 0) is 13.0 Å². The second kappa shape index (κ2) is 11.2. The van der Waals surface area contributed by atoms with Crippen LogP contribution >= 0.6 is 15.9 Å². The van der Waals surface area contributed by atoms with Crippen molar-refractivity contribution in [1.82, 2.24) is 9.55 Å². The van der Waals surface area contributed by atoms with E-state index in [2.05, 4.69) is 57.1 Å². The summed E-state index contributed by atoms with van der Waals surface area (Å²) in [7, 11) is 0. The van der Waals surface area contributed by atoms with Gasteiger partial charge in [-0.2, -0.15) is 13.2 Å². The molecule has 6 nitrogen and oxygen atoms in total. The lowest BCUT2D eigenvalue weighted by molar-refractivity contribution is -0.131. The second-order valence-corrected chi connectivity index (χ2v) is 8.47. The topological polar surface area (TPSA) is 72.5 Å². The van der Waals surface area contributed by atoms with Crippen molar-refractivity contribution >= 4 is 33.5 Å². The monoisotopic (exact) mass is 517 g/mol. The molecule has 0 spiro atoms. The van der Waals surface area contributed by atoms with Crippen LogP contribution in [0.2, 0.25) is 0 Å².